The maximum atomic E-state index is 11.8. The van der Waals surface area contributed by atoms with Crippen LogP contribution in [0.5, 0.6) is 0 Å². The topological polar surface area (TPSA) is 78.4 Å². The van der Waals surface area contributed by atoms with E-state index in [4.69, 9.17) is 28.3 Å². The predicted octanol–water partition coefficient (Wildman–Crippen LogP) is 3.92. The first-order chi connectivity index (χ1) is 9.85. The number of hydrogen-bond donors (Lipinski definition) is 3. The molecule has 0 aliphatic carbocycles. The second kappa shape index (κ2) is 8.10. The second-order valence-electron chi connectivity index (χ2n) is 4.74. The highest BCUT2D eigenvalue weighted by atomic mass is 35.5. The molecule has 0 bridgehead atoms. The predicted molar refractivity (Wildman–Crippen MR) is 84.3 cm³/mol. The number of hydrogen-bond acceptors (Lipinski definition) is 2. The van der Waals surface area contributed by atoms with Crippen LogP contribution in [0.15, 0.2) is 12.1 Å². The van der Waals surface area contributed by atoms with Crippen molar-refractivity contribution < 1.29 is 14.7 Å². The summed E-state index contributed by atoms with van der Waals surface area (Å²) in [7, 11) is 0. The van der Waals surface area contributed by atoms with E-state index >= 15 is 0 Å². The van der Waals surface area contributed by atoms with Gasteiger partial charge in [-0.1, -0.05) is 36.5 Å². The van der Waals surface area contributed by atoms with Crippen LogP contribution in [-0.2, 0) is 4.79 Å². The molecule has 0 saturated heterocycles. The number of benzene rings is 1. The fourth-order valence-corrected chi connectivity index (χ4v) is 2.21. The van der Waals surface area contributed by atoms with E-state index in [0.717, 1.165) is 12.0 Å². The molecule has 0 heterocycles. The zero-order valence-electron chi connectivity index (χ0n) is 11.9. The van der Waals surface area contributed by atoms with Gasteiger partial charge in [-0.25, -0.2) is 4.79 Å². The average Bonchev–Trinajstić information content (AvgIpc) is 2.40. The van der Waals surface area contributed by atoms with Crippen LogP contribution in [0.3, 0.4) is 0 Å². The fraction of sp³-hybridized carbons (Fsp3) is 0.429. The third-order valence-corrected chi connectivity index (χ3v) is 3.71. The van der Waals surface area contributed by atoms with Gasteiger partial charge in [-0.3, -0.25) is 4.79 Å². The summed E-state index contributed by atoms with van der Waals surface area (Å²) in [5, 5.41) is 14.9. The molecule has 7 heteroatoms. The Morgan fingerprint density at radius 3 is 2.52 bits per heavy atom. The van der Waals surface area contributed by atoms with Gasteiger partial charge in [0, 0.05) is 11.6 Å². The summed E-state index contributed by atoms with van der Waals surface area (Å²) in [6, 6.07) is 2.69. The SMILES string of the molecule is CCCC(CNC(=O)Nc1cc(Cl)c(C)cc1Cl)C(=O)O. The van der Waals surface area contributed by atoms with Gasteiger partial charge in [-0.05, 0) is 31.0 Å². The summed E-state index contributed by atoms with van der Waals surface area (Å²) in [5.74, 6) is -1.52. The van der Waals surface area contributed by atoms with Gasteiger partial charge in [0.1, 0.15) is 0 Å². The van der Waals surface area contributed by atoms with Crippen LogP contribution in [0.25, 0.3) is 0 Å². The minimum atomic E-state index is -0.923. The third-order valence-electron chi connectivity index (χ3n) is 2.99. The zero-order valence-corrected chi connectivity index (χ0v) is 13.4. The lowest BCUT2D eigenvalue weighted by Crippen LogP contribution is -2.35. The Labute approximate surface area is 133 Å². The van der Waals surface area contributed by atoms with Crippen molar-refractivity contribution in [1.29, 1.82) is 0 Å². The maximum absolute atomic E-state index is 11.8. The molecule has 0 aliphatic rings. The van der Waals surface area contributed by atoms with Crippen molar-refractivity contribution in [2.24, 2.45) is 5.92 Å². The molecule has 3 N–H and O–H groups in total. The number of urea groups is 1. The number of rotatable bonds is 6. The molecule has 0 fully saturated rings. The van der Waals surface area contributed by atoms with Crippen LogP contribution in [0.4, 0.5) is 10.5 Å². The monoisotopic (exact) mass is 332 g/mol. The Balaban J connectivity index is 2.62. The van der Waals surface area contributed by atoms with Gasteiger partial charge in [-0.15, -0.1) is 0 Å². The number of aliphatic carboxylic acids is 1. The number of nitrogens with one attached hydrogen (secondary N) is 2. The van der Waals surface area contributed by atoms with Crippen molar-refractivity contribution in [1.82, 2.24) is 5.32 Å². The molecular weight excluding hydrogens is 315 g/mol. The summed E-state index contributed by atoms with van der Waals surface area (Å²) in [4.78, 5) is 22.8. The van der Waals surface area contributed by atoms with E-state index in [2.05, 4.69) is 10.6 Å². The van der Waals surface area contributed by atoms with Crippen molar-refractivity contribution in [2.45, 2.75) is 26.7 Å². The van der Waals surface area contributed by atoms with Gasteiger partial charge in [0.15, 0.2) is 0 Å². The van der Waals surface area contributed by atoms with Crippen LogP contribution >= 0.6 is 23.2 Å². The first-order valence-corrected chi connectivity index (χ1v) is 7.34. The zero-order chi connectivity index (χ0) is 16.0. The Hall–Kier alpha value is -1.46. The normalized spacial score (nSPS) is 11.8. The Morgan fingerprint density at radius 2 is 1.95 bits per heavy atom. The lowest BCUT2D eigenvalue weighted by Gasteiger charge is -2.14. The maximum Gasteiger partial charge on any atom is 0.319 e. The minimum absolute atomic E-state index is 0.0617. The molecule has 0 aromatic heterocycles. The van der Waals surface area contributed by atoms with Crippen LogP contribution in [-0.4, -0.2) is 23.7 Å². The van der Waals surface area contributed by atoms with Gasteiger partial charge in [0.05, 0.1) is 16.6 Å². The van der Waals surface area contributed by atoms with Crippen molar-refractivity contribution in [3.05, 3.63) is 27.7 Å². The summed E-state index contributed by atoms with van der Waals surface area (Å²) in [6.45, 7) is 3.76. The van der Waals surface area contributed by atoms with Crippen molar-refractivity contribution >= 4 is 40.9 Å². The quantitative estimate of drug-likeness (QED) is 0.738. The average molecular weight is 333 g/mol. The number of carboxylic acids is 1. The van der Waals surface area contributed by atoms with Crippen LogP contribution in [0.2, 0.25) is 10.0 Å². The molecule has 0 aliphatic heterocycles. The summed E-state index contributed by atoms with van der Waals surface area (Å²) in [5.41, 5.74) is 1.19. The summed E-state index contributed by atoms with van der Waals surface area (Å²) < 4.78 is 0. The summed E-state index contributed by atoms with van der Waals surface area (Å²) in [6.07, 6.45) is 1.24. The first-order valence-electron chi connectivity index (χ1n) is 6.58. The smallest absolute Gasteiger partial charge is 0.319 e. The number of carbonyl (C=O) groups excluding carboxylic acids is 1. The molecule has 0 spiro atoms. The molecule has 1 unspecified atom stereocenters. The van der Waals surface area contributed by atoms with E-state index in [1.165, 1.54) is 0 Å². The molecular formula is C14H18Cl2N2O3. The molecule has 0 radical (unpaired) electrons. The van der Waals surface area contributed by atoms with Crippen molar-refractivity contribution in [3.8, 4) is 0 Å². The Kier molecular flexibility index (Phi) is 6.78. The molecule has 1 aromatic rings. The van der Waals surface area contributed by atoms with E-state index < -0.39 is 17.9 Å². The molecule has 2 amide bonds. The Bertz CT molecular complexity index is 535. The fourth-order valence-electron chi connectivity index (χ4n) is 1.79. The van der Waals surface area contributed by atoms with Crippen LogP contribution in [0.1, 0.15) is 25.3 Å². The molecule has 116 valence electrons. The largest absolute Gasteiger partial charge is 0.481 e. The van der Waals surface area contributed by atoms with Crippen molar-refractivity contribution in [2.75, 3.05) is 11.9 Å². The number of amides is 2. The standard InChI is InChI=1S/C14H18Cl2N2O3/c1-3-4-9(13(19)20)7-17-14(21)18-12-6-10(15)8(2)5-11(12)16/h5-6,9H,3-4,7H2,1-2H3,(H,19,20)(H2,17,18,21). The highest BCUT2D eigenvalue weighted by Gasteiger charge is 2.17. The first kappa shape index (κ1) is 17.6. The number of aryl methyl sites for hydroxylation is 1. The number of anilines is 1. The van der Waals surface area contributed by atoms with Gasteiger partial charge in [0.2, 0.25) is 0 Å². The van der Waals surface area contributed by atoms with Gasteiger partial charge >= 0.3 is 12.0 Å². The molecule has 0 saturated carbocycles. The van der Waals surface area contributed by atoms with Gasteiger partial charge < -0.3 is 15.7 Å². The van der Waals surface area contributed by atoms with E-state index in [1.807, 2.05) is 6.92 Å². The highest BCUT2D eigenvalue weighted by Crippen LogP contribution is 2.28. The number of carboxylic acid groups (broad SMARTS) is 1. The van der Waals surface area contributed by atoms with E-state index in [9.17, 15) is 9.59 Å². The van der Waals surface area contributed by atoms with Crippen LogP contribution < -0.4 is 10.6 Å². The number of carbonyl (C=O) groups is 2. The molecule has 1 rings (SSSR count). The second-order valence-corrected chi connectivity index (χ2v) is 5.55. The van der Waals surface area contributed by atoms with E-state index in [1.54, 1.807) is 19.1 Å². The highest BCUT2D eigenvalue weighted by molar-refractivity contribution is 6.36. The molecule has 1 atom stereocenters. The lowest BCUT2D eigenvalue weighted by atomic mass is 10.0. The minimum Gasteiger partial charge on any atom is -0.481 e. The third kappa shape index (κ3) is 5.44. The van der Waals surface area contributed by atoms with Gasteiger partial charge in [0.25, 0.3) is 0 Å². The van der Waals surface area contributed by atoms with Crippen molar-refractivity contribution in [3.63, 3.8) is 0 Å². The van der Waals surface area contributed by atoms with E-state index in [-0.39, 0.29) is 6.54 Å². The molecule has 1 aromatic carbocycles. The van der Waals surface area contributed by atoms with Crippen LogP contribution in [0, 0.1) is 12.8 Å². The lowest BCUT2D eigenvalue weighted by molar-refractivity contribution is -0.141. The molecule has 5 nitrogen and oxygen atoms in total. The Morgan fingerprint density at radius 1 is 1.29 bits per heavy atom. The number of halogens is 2. The summed E-state index contributed by atoms with van der Waals surface area (Å²) >= 11 is 12.0. The molecule has 21 heavy (non-hydrogen) atoms. The van der Waals surface area contributed by atoms with E-state index in [0.29, 0.717) is 22.2 Å². The van der Waals surface area contributed by atoms with Gasteiger partial charge in [-0.2, -0.15) is 0 Å².